The van der Waals surface area contributed by atoms with Gasteiger partial charge in [-0.3, -0.25) is 0 Å². The molecule has 0 aliphatic rings. The Bertz CT molecular complexity index is 467. The third-order valence-electron chi connectivity index (χ3n) is 2.85. The molecule has 0 unspecified atom stereocenters. The molecule has 0 amide bonds. The van der Waals surface area contributed by atoms with E-state index >= 15 is 0 Å². The molecule has 2 aromatic rings. The molecule has 0 saturated heterocycles. The fourth-order valence-electron chi connectivity index (χ4n) is 1.69. The minimum absolute atomic E-state index is 0.480. The van der Waals surface area contributed by atoms with Gasteiger partial charge in [0, 0.05) is 38.1 Å². The van der Waals surface area contributed by atoms with E-state index in [2.05, 4.69) is 34.2 Å². The molecule has 0 aliphatic carbocycles. The number of hydrogen-bond acceptors (Lipinski definition) is 4. The predicted octanol–water partition coefficient (Wildman–Crippen LogP) is 1.61. The molecular weight excluding hydrogens is 224 g/mol. The van der Waals surface area contributed by atoms with Crippen LogP contribution < -0.4 is 10.6 Å². The summed E-state index contributed by atoms with van der Waals surface area (Å²) in [5.41, 5.74) is 7.79. The number of likely N-dealkylation sites (N-methyl/N-ethyl adjacent to an activating group) is 1. The first-order valence-corrected chi connectivity index (χ1v) is 6.05. The maximum Gasteiger partial charge on any atom is 0.225 e. The zero-order valence-electron chi connectivity index (χ0n) is 10.6. The van der Waals surface area contributed by atoms with Gasteiger partial charge in [-0.25, -0.2) is 9.97 Å². The van der Waals surface area contributed by atoms with Crippen LogP contribution in [0.5, 0.6) is 0 Å². The quantitative estimate of drug-likeness (QED) is 0.865. The molecule has 1 aromatic heterocycles. The maximum absolute atomic E-state index is 5.52. The van der Waals surface area contributed by atoms with Gasteiger partial charge in [-0.05, 0) is 12.0 Å². The van der Waals surface area contributed by atoms with Crippen molar-refractivity contribution in [1.82, 2.24) is 9.97 Å². The Labute approximate surface area is 107 Å². The fourth-order valence-corrected chi connectivity index (χ4v) is 1.69. The van der Waals surface area contributed by atoms with Crippen molar-refractivity contribution in [3.63, 3.8) is 0 Å². The smallest absolute Gasteiger partial charge is 0.225 e. The minimum atomic E-state index is 0.480. The maximum atomic E-state index is 5.52. The Balaban J connectivity index is 1.93. The molecule has 18 heavy (non-hydrogen) atoms. The van der Waals surface area contributed by atoms with Crippen molar-refractivity contribution >= 4 is 5.95 Å². The predicted molar refractivity (Wildman–Crippen MR) is 73.3 cm³/mol. The first-order valence-electron chi connectivity index (χ1n) is 6.05. The van der Waals surface area contributed by atoms with E-state index in [1.165, 1.54) is 5.56 Å². The van der Waals surface area contributed by atoms with E-state index in [0.29, 0.717) is 6.54 Å². The zero-order valence-corrected chi connectivity index (χ0v) is 10.6. The second kappa shape index (κ2) is 6.12. The van der Waals surface area contributed by atoms with Crippen molar-refractivity contribution in [3.8, 4) is 0 Å². The Morgan fingerprint density at radius 1 is 1.06 bits per heavy atom. The monoisotopic (exact) mass is 242 g/mol. The van der Waals surface area contributed by atoms with Crippen LogP contribution in [-0.4, -0.2) is 23.6 Å². The number of aromatic nitrogens is 2. The van der Waals surface area contributed by atoms with Crippen molar-refractivity contribution in [2.75, 3.05) is 18.5 Å². The van der Waals surface area contributed by atoms with E-state index in [4.69, 9.17) is 5.73 Å². The standard InChI is InChI=1S/C14H18N4/c1-18(8-7-12-5-3-2-4-6-12)14-16-10-13(9-15)11-17-14/h2-6,10-11H,7-9,15H2,1H3. The average Bonchev–Trinajstić information content (AvgIpc) is 2.46. The molecule has 0 spiro atoms. The molecule has 2 N–H and O–H groups in total. The summed E-state index contributed by atoms with van der Waals surface area (Å²) in [6.07, 6.45) is 4.54. The second-order valence-electron chi connectivity index (χ2n) is 4.25. The summed E-state index contributed by atoms with van der Waals surface area (Å²) in [7, 11) is 2.00. The lowest BCUT2D eigenvalue weighted by Gasteiger charge is -2.16. The van der Waals surface area contributed by atoms with Crippen LogP contribution in [0.15, 0.2) is 42.7 Å². The van der Waals surface area contributed by atoms with Crippen LogP contribution >= 0.6 is 0 Å². The van der Waals surface area contributed by atoms with Gasteiger partial charge in [-0.2, -0.15) is 0 Å². The second-order valence-corrected chi connectivity index (χ2v) is 4.25. The van der Waals surface area contributed by atoms with Gasteiger partial charge in [0.1, 0.15) is 0 Å². The van der Waals surface area contributed by atoms with Gasteiger partial charge in [-0.15, -0.1) is 0 Å². The van der Waals surface area contributed by atoms with E-state index < -0.39 is 0 Å². The molecule has 4 nitrogen and oxygen atoms in total. The molecule has 0 bridgehead atoms. The first kappa shape index (κ1) is 12.5. The molecule has 0 aliphatic heterocycles. The summed E-state index contributed by atoms with van der Waals surface area (Å²) in [6.45, 7) is 1.37. The van der Waals surface area contributed by atoms with E-state index in [-0.39, 0.29) is 0 Å². The molecule has 2 rings (SSSR count). The molecule has 1 aromatic carbocycles. The summed E-state index contributed by atoms with van der Waals surface area (Å²) < 4.78 is 0. The van der Waals surface area contributed by atoms with E-state index in [1.807, 2.05) is 18.0 Å². The molecule has 0 radical (unpaired) electrons. The Kier molecular flexibility index (Phi) is 4.25. The first-order chi connectivity index (χ1) is 8.79. The lowest BCUT2D eigenvalue weighted by atomic mass is 10.1. The van der Waals surface area contributed by atoms with Gasteiger partial charge in [0.2, 0.25) is 5.95 Å². The van der Waals surface area contributed by atoms with Crippen LogP contribution in [0.25, 0.3) is 0 Å². The van der Waals surface area contributed by atoms with Crippen molar-refractivity contribution in [2.24, 2.45) is 5.73 Å². The van der Waals surface area contributed by atoms with Gasteiger partial charge >= 0.3 is 0 Å². The summed E-state index contributed by atoms with van der Waals surface area (Å²) in [4.78, 5) is 10.6. The Morgan fingerprint density at radius 3 is 2.33 bits per heavy atom. The molecule has 94 valence electrons. The number of hydrogen-bond donors (Lipinski definition) is 1. The number of rotatable bonds is 5. The van der Waals surface area contributed by atoms with Crippen LogP contribution in [-0.2, 0) is 13.0 Å². The van der Waals surface area contributed by atoms with E-state index in [9.17, 15) is 0 Å². The van der Waals surface area contributed by atoms with Gasteiger partial charge in [0.25, 0.3) is 0 Å². The highest BCUT2D eigenvalue weighted by atomic mass is 15.2. The molecule has 4 heteroatoms. The highest BCUT2D eigenvalue weighted by Gasteiger charge is 2.04. The van der Waals surface area contributed by atoms with E-state index in [1.54, 1.807) is 12.4 Å². The largest absolute Gasteiger partial charge is 0.344 e. The number of anilines is 1. The van der Waals surface area contributed by atoms with Gasteiger partial charge in [0.05, 0.1) is 0 Å². The summed E-state index contributed by atoms with van der Waals surface area (Å²) in [5.74, 6) is 0.739. The number of nitrogens with two attached hydrogens (primary N) is 1. The molecule has 0 atom stereocenters. The zero-order chi connectivity index (χ0) is 12.8. The van der Waals surface area contributed by atoms with Crippen LogP contribution in [0.4, 0.5) is 5.95 Å². The number of benzene rings is 1. The average molecular weight is 242 g/mol. The van der Waals surface area contributed by atoms with Crippen molar-refractivity contribution in [3.05, 3.63) is 53.9 Å². The third kappa shape index (κ3) is 3.28. The van der Waals surface area contributed by atoms with Gasteiger partial charge in [-0.1, -0.05) is 30.3 Å². The lowest BCUT2D eigenvalue weighted by Crippen LogP contribution is -2.22. The fraction of sp³-hybridized carbons (Fsp3) is 0.286. The highest BCUT2D eigenvalue weighted by molar-refractivity contribution is 5.29. The lowest BCUT2D eigenvalue weighted by molar-refractivity contribution is 0.832. The summed E-state index contributed by atoms with van der Waals surface area (Å²) in [6, 6.07) is 10.4. The van der Waals surface area contributed by atoms with Crippen LogP contribution in [0.2, 0.25) is 0 Å². The number of nitrogens with zero attached hydrogens (tertiary/aromatic N) is 3. The van der Waals surface area contributed by atoms with Gasteiger partial charge < -0.3 is 10.6 Å². The van der Waals surface area contributed by atoms with Crippen molar-refractivity contribution in [2.45, 2.75) is 13.0 Å². The molecule has 1 heterocycles. The van der Waals surface area contributed by atoms with Crippen molar-refractivity contribution in [1.29, 1.82) is 0 Å². The Morgan fingerprint density at radius 2 is 1.72 bits per heavy atom. The highest BCUT2D eigenvalue weighted by Crippen LogP contribution is 2.07. The van der Waals surface area contributed by atoms with Crippen molar-refractivity contribution < 1.29 is 0 Å². The minimum Gasteiger partial charge on any atom is -0.344 e. The molecular formula is C14H18N4. The van der Waals surface area contributed by atoms with Crippen LogP contribution in [0.3, 0.4) is 0 Å². The Hall–Kier alpha value is -1.94. The normalized spacial score (nSPS) is 10.3. The third-order valence-corrected chi connectivity index (χ3v) is 2.85. The van der Waals surface area contributed by atoms with Crippen LogP contribution in [0.1, 0.15) is 11.1 Å². The van der Waals surface area contributed by atoms with Gasteiger partial charge in [0.15, 0.2) is 0 Å². The topological polar surface area (TPSA) is 55.0 Å². The SMILES string of the molecule is CN(CCc1ccccc1)c1ncc(CN)cn1. The molecule has 0 fully saturated rings. The summed E-state index contributed by atoms with van der Waals surface area (Å²) in [5, 5.41) is 0. The van der Waals surface area contributed by atoms with Crippen LogP contribution in [0, 0.1) is 0 Å². The molecule has 0 saturated carbocycles. The van der Waals surface area contributed by atoms with E-state index in [0.717, 1.165) is 24.5 Å². The summed E-state index contributed by atoms with van der Waals surface area (Å²) >= 11 is 0.